The third-order valence-electron chi connectivity index (χ3n) is 4.16. The average molecular weight is 429 g/mol. The van der Waals surface area contributed by atoms with E-state index in [4.69, 9.17) is 5.73 Å². The molecule has 2 rings (SSSR count). The first kappa shape index (κ1) is 23.0. The average Bonchev–Trinajstić information content (AvgIpc) is 3.25. The van der Waals surface area contributed by atoms with Gasteiger partial charge in [-0.15, -0.1) is 11.3 Å². The first-order chi connectivity index (χ1) is 14.4. The van der Waals surface area contributed by atoms with Gasteiger partial charge in [0, 0.05) is 38.6 Å². The Morgan fingerprint density at radius 2 is 1.60 bits per heavy atom. The SMILES string of the molecule is NC(=O)CCNC(=O)c1ccccc1NC(=O)CCC(=O)CCC(=O)c1cccs1. The van der Waals surface area contributed by atoms with Gasteiger partial charge >= 0.3 is 0 Å². The van der Waals surface area contributed by atoms with Gasteiger partial charge in [0.2, 0.25) is 11.8 Å². The summed E-state index contributed by atoms with van der Waals surface area (Å²) in [5, 5.41) is 6.98. The lowest BCUT2D eigenvalue weighted by atomic mass is 10.1. The molecular formula is C21H23N3O5S. The number of carbonyl (C=O) groups excluding carboxylic acids is 5. The van der Waals surface area contributed by atoms with Gasteiger partial charge in [0.15, 0.2) is 5.78 Å². The van der Waals surface area contributed by atoms with E-state index in [9.17, 15) is 24.0 Å². The zero-order valence-corrected chi connectivity index (χ0v) is 17.1. The number of nitrogens with two attached hydrogens (primary N) is 1. The highest BCUT2D eigenvalue weighted by Gasteiger charge is 2.15. The van der Waals surface area contributed by atoms with Crippen LogP contribution in [0.15, 0.2) is 41.8 Å². The summed E-state index contributed by atoms with van der Waals surface area (Å²) < 4.78 is 0. The Morgan fingerprint density at radius 3 is 2.30 bits per heavy atom. The minimum absolute atomic E-state index is 0.0104. The third kappa shape index (κ3) is 7.59. The number of hydrogen-bond acceptors (Lipinski definition) is 6. The molecule has 0 unspecified atom stereocenters. The molecule has 1 heterocycles. The number of Topliss-reactive ketones (excluding diaryl/α,β-unsaturated/α-hetero) is 2. The van der Waals surface area contributed by atoms with Crippen molar-refractivity contribution in [2.75, 3.05) is 11.9 Å². The first-order valence-electron chi connectivity index (χ1n) is 9.40. The Balaban J connectivity index is 1.80. The monoisotopic (exact) mass is 429 g/mol. The van der Waals surface area contributed by atoms with Crippen molar-refractivity contribution in [1.82, 2.24) is 5.32 Å². The van der Waals surface area contributed by atoms with E-state index in [0.29, 0.717) is 10.6 Å². The quantitative estimate of drug-likeness (QED) is 0.445. The number of primary amides is 1. The van der Waals surface area contributed by atoms with E-state index in [1.54, 1.807) is 35.7 Å². The van der Waals surface area contributed by atoms with E-state index < -0.39 is 17.7 Å². The zero-order valence-electron chi connectivity index (χ0n) is 16.3. The Labute approximate surface area is 177 Å². The van der Waals surface area contributed by atoms with Crippen LogP contribution in [-0.4, -0.2) is 35.8 Å². The molecule has 4 N–H and O–H groups in total. The lowest BCUT2D eigenvalue weighted by molar-refractivity contribution is -0.122. The molecule has 9 heteroatoms. The van der Waals surface area contributed by atoms with Crippen LogP contribution < -0.4 is 16.4 Å². The second kappa shape index (κ2) is 11.6. The summed E-state index contributed by atoms with van der Waals surface area (Å²) in [7, 11) is 0. The number of ketones is 2. The number of nitrogens with one attached hydrogen (secondary N) is 2. The first-order valence-corrected chi connectivity index (χ1v) is 10.3. The second-order valence-corrected chi connectivity index (χ2v) is 7.45. The number of hydrogen-bond donors (Lipinski definition) is 3. The molecule has 158 valence electrons. The predicted octanol–water partition coefficient (Wildman–Crippen LogP) is 2.30. The Bertz CT molecular complexity index is 924. The van der Waals surface area contributed by atoms with Crippen LogP contribution in [0.1, 0.15) is 52.1 Å². The summed E-state index contributed by atoms with van der Waals surface area (Å²) in [6, 6.07) is 9.91. The van der Waals surface area contributed by atoms with Crippen LogP contribution >= 0.6 is 11.3 Å². The Hall–Kier alpha value is -3.33. The maximum Gasteiger partial charge on any atom is 0.253 e. The van der Waals surface area contributed by atoms with Crippen LogP contribution in [0, 0.1) is 0 Å². The number of carbonyl (C=O) groups is 5. The lowest BCUT2D eigenvalue weighted by Crippen LogP contribution is -2.28. The van der Waals surface area contributed by atoms with Crippen LogP contribution in [0.5, 0.6) is 0 Å². The van der Waals surface area contributed by atoms with E-state index in [2.05, 4.69) is 10.6 Å². The van der Waals surface area contributed by atoms with Crippen molar-refractivity contribution in [2.24, 2.45) is 5.73 Å². The van der Waals surface area contributed by atoms with Crippen molar-refractivity contribution in [2.45, 2.75) is 32.1 Å². The number of anilines is 1. The van der Waals surface area contributed by atoms with Gasteiger partial charge in [-0.1, -0.05) is 18.2 Å². The summed E-state index contributed by atoms with van der Waals surface area (Å²) in [6.45, 7) is 0.0924. The van der Waals surface area contributed by atoms with Crippen LogP contribution in [0.3, 0.4) is 0 Å². The normalized spacial score (nSPS) is 10.3. The predicted molar refractivity (Wildman–Crippen MR) is 113 cm³/mol. The standard InChI is InChI=1S/C21H23N3O5S/c22-19(27)11-12-23-21(29)15-4-1-2-5-16(15)24-20(28)10-8-14(25)7-9-17(26)18-6-3-13-30-18/h1-6,13H,7-12H2,(H2,22,27)(H,23,29)(H,24,28). The van der Waals surface area contributed by atoms with Crippen molar-refractivity contribution >= 4 is 46.3 Å². The number of para-hydroxylation sites is 1. The van der Waals surface area contributed by atoms with Crippen LogP contribution in [0.2, 0.25) is 0 Å². The maximum absolute atomic E-state index is 12.2. The number of amides is 3. The summed E-state index contributed by atoms with van der Waals surface area (Å²) >= 11 is 1.33. The van der Waals surface area contributed by atoms with Crippen LogP contribution in [-0.2, 0) is 14.4 Å². The summed E-state index contributed by atoms with van der Waals surface area (Å²) in [5.41, 5.74) is 5.58. The lowest BCUT2D eigenvalue weighted by Gasteiger charge is -2.11. The van der Waals surface area contributed by atoms with Gasteiger partial charge in [-0.2, -0.15) is 0 Å². The van der Waals surface area contributed by atoms with Gasteiger partial charge in [0.1, 0.15) is 5.78 Å². The molecule has 1 aromatic carbocycles. The fraction of sp³-hybridized carbons (Fsp3) is 0.286. The summed E-state index contributed by atoms with van der Waals surface area (Å²) in [4.78, 5) is 59.7. The van der Waals surface area contributed by atoms with Gasteiger partial charge in [-0.25, -0.2) is 0 Å². The second-order valence-electron chi connectivity index (χ2n) is 6.51. The fourth-order valence-corrected chi connectivity index (χ4v) is 3.28. The molecule has 0 atom stereocenters. The molecule has 0 radical (unpaired) electrons. The maximum atomic E-state index is 12.2. The molecule has 2 aromatic rings. The highest BCUT2D eigenvalue weighted by Crippen LogP contribution is 2.16. The van der Waals surface area contributed by atoms with Gasteiger partial charge in [-0.05, 0) is 23.6 Å². The van der Waals surface area contributed by atoms with E-state index in [-0.39, 0.29) is 55.8 Å². The molecule has 0 fully saturated rings. The molecule has 1 aromatic heterocycles. The molecule has 0 aliphatic rings. The molecule has 0 spiro atoms. The van der Waals surface area contributed by atoms with Gasteiger partial charge < -0.3 is 16.4 Å². The van der Waals surface area contributed by atoms with Crippen LogP contribution in [0.25, 0.3) is 0 Å². The molecule has 0 saturated carbocycles. The molecule has 0 saturated heterocycles. The Morgan fingerprint density at radius 1 is 0.867 bits per heavy atom. The van der Waals surface area contributed by atoms with Gasteiger partial charge in [-0.3, -0.25) is 24.0 Å². The summed E-state index contributed by atoms with van der Waals surface area (Å²) in [5.74, 6) is -1.65. The minimum atomic E-state index is -0.529. The molecule has 30 heavy (non-hydrogen) atoms. The fourth-order valence-electron chi connectivity index (χ4n) is 2.59. The number of benzene rings is 1. The third-order valence-corrected chi connectivity index (χ3v) is 5.07. The molecular weight excluding hydrogens is 406 g/mol. The van der Waals surface area contributed by atoms with Gasteiger partial charge in [0.25, 0.3) is 5.91 Å². The van der Waals surface area contributed by atoms with E-state index in [0.717, 1.165) is 0 Å². The molecule has 0 aliphatic carbocycles. The number of rotatable bonds is 12. The number of thiophene rings is 1. The van der Waals surface area contributed by atoms with Crippen molar-refractivity contribution < 1.29 is 24.0 Å². The Kier molecular flexibility index (Phi) is 8.89. The molecule has 0 bridgehead atoms. The largest absolute Gasteiger partial charge is 0.370 e. The smallest absolute Gasteiger partial charge is 0.253 e. The minimum Gasteiger partial charge on any atom is -0.370 e. The highest BCUT2D eigenvalue weighted by atomic mass is 32.1. The van der Waals surface area contributed by atoms with Gasteiger partial charge in [0.05, 0.1) is 16.1 Å². The molecule has 0 aliphatic heterocycles. The topological polar surface area (TPSA) is 135 Å². The van der Waals surface area contributed by atoms with Crippen molar-refractivity contribution in [3.05, 3.63) is 52.2 Å². The highest BCUT2D eigenvalue weighted by molar-refractivity contribution is 7.12. The summed E-state index contributed by atoms with van der Waals surface area (Å²) in [6.07, 6.45) is 0.176. The van der Waals surface area contributed by atoms with E-state index in [1.165, 1.54) is 17.4 Å². The molecule has 3 amide bonds. The zero-order chi connectivity index (χ0) is 21.9. The molecule has 8 nitrogen and oxygen atoms in total. The van der Waals surface area contributed by atoms with Crippen molar-refractivity contribution in [3.8, 4) is 0 Å². The van der Waals surface area contributed by atoms with Crippen molar-refractivity contribution in [1.29, 1.82) is 0 Å². The van der Waals surface area contributed by atoms with Crippen molar-refractivity contribution in [3.63, 3.8) is 0 Å². The van der Waals surface area contributed by atoms with E-state index >= 15 is 0 Å². The van der Waals surface area contributed by atoms with Crippen LogP contribution in [0.4, 0.5) is 5.69 Å². The van der Waals surface area contributed by atoms with E-state index in [1.807, 2.05) is 0 Å².